The first-order valence-corrected chi connectivity index (χ1v) is 5.78. The normalized spacial score (nSPS) is 16.9. The van der Waals surface area contributed by atoms with Crippen molar-refractivity contribution in [2.45, 2.75) is 12.5 Å². The molecule has 0 aromatic heterocycles. The molecule has 19 heavy (non-hydrogen) atoms. The smallest absolute Gasteiger partial charge is 0.339 e. The van der Waals surface area contributed by atoms with Gasteiger partial charge in [-0.3, -0.25) is 4.84 Å². The lowest BCUT2D eigenvalue weighted by molar-refractivity contribution is -0.144. The van der Waals surface area contributed by atoms with Crippen LogP contribution in [0.5, 0.6) is 5.75 Å². The zero-order valence-electron chi connectivity index (χ0n) is 10.1. The summed E-state index contributed by atoms with van der Waals surface area (Å²) in [7, 11) is 0. The number of benzene rings is 1. The minimum atomic E-state index is -1.16. The largest absolute Gasteiger partial charge is 0.493 e. The molecule has 0 radical (unpaired) electrons. The second-order valence-electron chi connectivity index (χ2n) is 3.99. The summed E-state index contributed by atoms with van der Waals surface area (Å²) in [6, 6.07) is 6.67. The Labute approximate surface area is 109 Å². The van der Waals surface area contributed by atoms with E-state index in [-0.39, 0.29) is 6.04 Å². The van der Waals surface area contributed by atoms with Gasteiger partial charge in [0, 0.05) is 12.0 Å². The van der Waals surface area contributed by atoms with Gasteiger partial charge in [0.2, 0.25) is 0 Å². The number of urea groups is 1. The van der Waals surface area contributed by atoms with Crippen molar-refractivity contribution >= 4 is 12.0 Å². The fourth-order valence-corrected chi connectivity index (χ4v) is 1.84. The number of para-hydroxylation sites is 1. The maximum absolute atomic E-state index is 11.5. The van der Waals surface area contributed by atoms with Gasteiger partial charge in [0.15, 0.2) is 6.61 Å². The molecule has 1 aromatic carbocycles. The van der Waals surface area contributed by atoms with Crippen LogP contribution < -0.4 is 15.5 Å². The lowest BCUT2D eigenvalue weighted by Gasteiger charge is -2.26. The molecule has 1 aliphatic rings. The van der Waals surface area contributed by atoms with Gasteiger partial charge in [-0.15, -0.1) is 0 Å². The number of carboxylic acids is 1. The summed E-state index contributed by atoms with van der Waals surface area (Å²) in [6.07, 6.45) is 0.642. The number of carbonyl (C=O) groups is 2. The van der Waals surface area contributed by atoms with E-state index in [1.807, 2.05) is 29.7 Å². The molecule has 1 aromatic rings. The summed E-state index contributed by atoms with van der Waals surface area (Å²) in [5, 5.41) is 11.1. The van der Waals surface area contributed by atoms with Gasteiger partial charge in [-0.05, 0) is 6.07 Å². The highest BCUT2D eigenvalue weighted by Gasteiger charge is 2.22. The number of ether oxygens (including phenoxy) is 1. The molecule has 0 fully saturated rings. The number of carbonyl (C=O) groups excluding carboxylic acids is 1. The number of rotatable bonds is 4. The van der Waals surface area contributed by atoms with Crippen LogP contribution in [0.2, 0.25) is 0 Å². The molecule has 1 aliphatic heterocycles. The number of hydrogen-bond acceptors (Lipinski definition) is 4. The Morgan fingerprint density at radius 2 is 2.21 bits per heavy atom. The van der Waals surface area contributed by atoms with Crippen LogP contribution in [0.25, 0.3) is 0 Å². The van der Waals surface area contributed by atoms with Gasteiger partial charge in [0.25, 0.3) is 0 Å². The molecule has 0 bridgehead atoms. The molecule has 1 unspecified atom stereocenters. The summed E-state index contributed by atoms with van der Waals surface area (Å²) in [5.74, 6) is -0.415. The standard InChI is InChI=1S/C12H14N2O5/c15-11(16)7-19-14-12(17)13-9-5-6-18-10-4-2-1-3-8(9)10/h1-4,9H,5-7H2,(H,15,16)(H2,13,14,17). The number of carboxylic acid groups (broad SMARTS) is 1. The minimum Gasteiger partial charge on any atom is -0.493 e. The highest BCUT2D eigenvalue weighted by molar-refractivity contribution is 5.74. The minimum absolute atomic E-state index is 0.182. The molecule has 0 saturated heterocycles. The summed E-state index contributed by atoms with van der Waals surface area (Å²) in [6.45, 7) is -0.0737. The van der Waals surface area contributed by atoms with Crippen molar-refractivity contribution in [2.24, 2.45) is 0 Å². The topological polar surface area (TPSA) is 96.9 Å². The maximum Gasteiger partial charge on any atom is 0.339 e. The summed E-state index contributed by atoms with van der Waals surface area (Å²) in [5.41, 5.74) is 2.91. The van der Waals surface area contributed by atoms with E-state index in [0.717, 1.165) is 11.3 Å². The number of hydrogen-bond donors (Lipinski definition) is 3. The van der Waals surface area contributed by atoms with Crippen molar-refractivity contribution in [1.82, 2.24) is 10.8 Å². The van der Waals surface area contributed by atoms with Crippen LogP contribution in [0.1, 0.15) is 18.0 Å². The Bertz CT molecular complexity index is 477. The maximum atomic E-state index is 11.5. The Morgan fingerprint density at radius 1 is 1.42 bits per heavy atom. The number of aliphatic carboxylic acids is 1. The first kappa shape index (κ1) is 13.2. The molecule has 3 N–H and O–H groups in total. The van der Waals surface area contributed by atoms with Gasteiger partial charge in [0.05, 0.1) is 12.6 Å². The SMILES string of the molecule is O=C(O)CONC(=O)NC1CCOc2ccccc21. The molecule has 7 heteroatoms. The van der Waals surface area contributed by atoms with Gasteiger partial charge in [-0.25, -0.2) is 15.1 Å². The molecule has 102 valence electrons. The monoisotopic (exact) mass is 266 g/mol. The third-order valence-corrected chi connectivity index (χ3v) is 2.62. The van der Waals surface area contributed by atoms with Gasteiger partial charge >= 0.3 is 12.0 Å². The summed E-state index contributed by atoms with van der Waals surface area (Å²) in [4.78, 5) is 26.2. The number of amides is 2. The number of fused-ring (bicyclic) bond motifs is 1. The van der Waals surface area contributed by atoms with Gasteiger partial charge in [-0.2, -0.15) is 0 Å². The van der Waals surface area contributed by atoms with Crippen LogP contribution >= 0.6 is 0 Å². The van der Waals surface area contributed by atoms with Crippen LogP contribution in [0.15, 0.2) is 24.3 Å². The first-order chi connectivity index (χ1) is 9.16. The van der Waals surface area contributed by atoms with Crippen molar-refractivity contribution in [3.8, 4) is 5.75 Å². The van der Waals surface area contributed by atoms with Gasteiger partial charge in [-0.1, -0.05) is 18.2 Å². The van der Waals surface area contributed by atoms with E-state index in [4.69, 9.17) is 9.84 Å². The van der Waals surface area contributed by atoms with Crippen molar-refractivity contribution in [2.75, 3.05) is 13.2 Å². The van der Waals surface area contributed by atoms with Crippen LogP contribution in [0.3, 0.4) is 0 Å². The molecule has 0 spiro atoms. The Balaban J connectivity index is 1.90. The Hall–Kier alpha value is -2.28. The van der Waals surface area contributed by atoms with Crippen LogP contribution in [-0.4, -0.2) is 30.3 Å². The molecule has 7 nitrogen and oxygen atoms in total. The Morgan fingerprint density at radius 3 is 3.00 bits per heavy atom. The summed E-state index contributed by atoms with van der Waals surface area (Å²) >= 11 is 0. The highest BCUT2D eigenvalue weighted by atomic mass is 16.7. The van der Waals surface area contributed by atoms with E-state index in [1.54, 1.807) is 0 Å². The van der Waals surface area contributed by atoms with E-state index in [9.17, 15) is 9.59 Å². The molecule has 2 amide bonds. The number of nitrogens with one attached hydrogen (secondary N) is 2. The zero-order chi connectivity index (χ0) is 13.7. The van der Waals surface area contributed by atoms with Crippen molar-refractivity contribution < 1.29 is 24.3 Å². The Kier molecular flexibility index (Phi) is 4.19. The van der Waals surface area contributed by atoms with Crippen LogP contribution in [0.4, 0.5) is 4.79 Å². The molecule has 2 rings (SSSR count). The third kappa shape index (κ3) is 3.59. The van der Waals surface area contributed by atoms with Crippen LogP contribution in [0, 0.1) is 0 Å². The average Bonchev–Trinajstić information content (AvgIpc) is 2.39. The van der Waals surface area contributed by atoms with E-state index < -0.39 is 18.6 Å². The first-order valence-electron chi connectivity index (χ1n) is 5.78. The van der Waals surface area contributed by atoms with E-state index in [2.05, 4.69) is 10.2 Å². The van der Waals surface area contributed by atoms with Gasteiger partial charge < -0.3 is 15.2 Å². The molecule has 1 heterocycles. The van der Waals surface area contributed by atoms with E-state index in [1.165, 1.54) is 0 Å². The van der Waals surface area contributed by atoms with E-state index >= 15 is 0 Å². The second kappa shape index (κ2) is 6.05. The quantitative estimate of drug-likeness (QED) is 0.701. The fraction of sp³-hybridized carbons (Fsp3) is 0.333. The third-order valence-electron chi connectivity index (χ3n) is 2.62. The van der Waals surface area contributed by atoms with Crippen molar-refractivity contribution in [3.05, 3.63) is 29.8 Å². The predicted molar refractivity (Wildman–Crippen MR) is 64.6 cm³/mol. The average molecular weight is 266 g/mol. The molecule has 1 atom stereocenters. The van der Waals surface area contributed by atoms with E-state index in [0.29, 0.717) is 13.0 Å². The molecular formula is C12H14N2O5. The van der Waals surface area contributed by atoms with Crippen molar-refractivity contribution in [1.29, 1.82) is 0 Å². The summed E-state index contributed by atoms with van der Waals surface area (Å²) < 4.78 is 5.47. The number of hydroxylamine groups is 1. The highest BCUT2D eigenvalue weighted by Crippen LogP contribution is 2.31. The molecule has 0 aliphatic carbocycles. The zero-order valence-corrected chi connectivity index (χ0v) is 10.1. The molecular weight excluding hydrogens is 252 g/mol. The second-order valence-corrected chi connectivity index (χ2v) is 3.99. The van der Waals surface area contributed by atoms with Crippen LogP contribution in [-0.2, 0) is 9.63 Å². The van der Waals surface area contributed by atoms with Crippen molar-refractivity contribution in [3.63, 3.8) is 0 Å². The lowest BCUT2D eigenvalue weighted by Crippen LogP contribution is -2.40. The van der Waals surface area contributed by atoms with Gasteiger partial charge in [0.1, 0.15) is 5.75 Å². The fourth-order valence-electron chi connectivity index (χ4n) is 1.84. The lowest BCUT2D eigenvalue weighted by atomic mass is 10.0. The molecule has 0 saturated carbocycles. The predicted octanol–water partition coefficient (Wildman–Crippen LogP) is 0.826.